The Bertz CT molecular complexity index is 367. The Hall–Kier alpha value is -1.31. The third kappa shape index (κ3) is 3.62. The van der Waals surface area contributed by atoms with E-state index >= 15 is 0 Å². The van der Waals surface area contributed by atoms with Gasteiger partial charge in [-0.2, -0.15) is 13.2 Å². The van der Waals surface area contributed by atoms with Gasteiger partial charge in [0.2, 0.25) is 11.8 Å². The van der Waals surface area contributed by atoms with Crippen molar-refractivity contribution in [2.24, 2.45) is 0 Å². The summed E-state index contributed by atoms with van der Waals surface area (Å²) in [4.78, 5) is 25.2. The van der Waals surface area contributed by atoms with E-state index in [-0.39, 0.29) is 31.5 Å². The summed E-state index contributed by atoms with van der Waals surface area (Å²) in [6, 6.07) is 0. The molecule has 0 aliphatic carbocycles. The molecule has 2 amide bonds. The summed E-state index contributed by atoms with van der Waals surface area (Å²) in [7, 11) is 0. The van der Waals surface area contributed by atoms with Gasteiger partial charge in [-0.25, -0.2) is 0 Å². The van der Waals surface area contributed by atoms with Crippen LogP contribution in [0.2, 0.25) is 0 Å². The monoisotopic (exact) mass is 296 g/mol. The lowest BCUT2D eigenvalue weighted by Crippen LogP contribution is -2.67. The van der Waals surface area contributed by atoms with Gasteiger partial charge in [0.25, 0.3) is 0 Å². The Balaban J connectivity index is 2.67. The van der Waals surface area contributed by atoms with Crippen molar-refractivity contribution in [1.29, 1.82) is 0 Å². The third-order valence-electron chi connectivity index (χ3n) is 3.54. The standard InChI is InChI=1S/C12H19F3N2O3/c1-3-11(4-2)10(19)16-7-9(18)17(11)5-6-20-8-12(13,14)15/h3-8H2,1-2H3,(H,16,19). The van der Waals surface area contributed by atoms with E-state index in [0.717, 1.165) is 0 Å². The molecule has 8 heteroatoms. The molecule has 0 radical (unpaired) electrons. The van der Waals surface area contributed by atoms with E-state index in [1.165, 1.54) is 4.90 Å². The molecule has 1 N–H and O–H groups in total. The number of alkyl halides is 3. The van der Waals surface area contributed by atoms with Gasteiger partial charge in [-0.15, -0.1) is 0 Å². The molecular weight excluding hydrogens is 277 g/mol. The summed E-state index contributed by atoms with van der Waals surface area (Å²) in [5, 5.41) is 2.52. The molecular formula is C12H19F3N2O3. The molecule has 0 spiro atoms. The highest BCUT2D eigenvalue weighted by Crippen LogP contribution is 2.27. The summed E-state index contributed by atoms with van der Waals surface area (Å²) in [6.07, 6.45) is -3.59. The van der Waals surface area contributed by atoms with Gasteiger partial charge in [-0.05, 0) is 12.8 Å². The van der Waals surface area contributed by atoms with Crippen molar-refractivity contribution in [3.05, 3.63) is 0 Å². The van der Waals surface area contributed by atoms with Crippen LogP contribution in [0, 0.1) is 0 Å². The van der Waals surface area contributed by atoms with Crippen molar-refractivity contribution in [2.75, 3.05) is 26.3 Å². The second-order valence-corrected chi connectivity index (χ2v) is 4.63. The zero-order valence-electron chi connectivity index (χ0n) is 11.5. The van der Waals surface area contributed by atoms with Gasteiger partial charge in [0.05, 0.1) is 13.2 Å². The van der Waals surface area contributed by atoms with Crippen molar-refractivity contribution in [2.45, 2.75) is 38.4 Å². The number of halogens is 3. The van der Waals surface area contributed by atoms with Crippen molar-refractivity contribution in [3.63, 3.8) is 0 Å². The number of carbonyl (C=O) groups excluding carboxylic acids is 2. The topological polar surface area (TPSA) is 58.6 Å². The first-order valence-corrected chi connectivity index (χ1v) is 6.50. The van der Waals surface area contributed by atoms with E-state index in [1.54, 1.807) is 13.8 Å². The van der Waals surface area contributed by atoms with E-state index in [2.05, 4.69) is 10.1 Å². The lowest BCUT2D eigenvalue weighted by molar-refractivity contribution is -0.177. The smallest absolute Gasteiger partial charge is 0.370 e. The van der Waals surface area contributed by atoms with E-state index in [0.29, 0.717) is 12.8 Å². The fourth-order valence-electron chi connectivity index (χ4n) is 2.41. The Labute approximate surface area is 115 Å². The van der Waals surface area contributed by atoms with Crippen molar-refractivity contribution >= 4 is 11.8 Å². The molecule has 0 unspecified atom stereocenters. The van der Waals surface area contributed by atoms with Crippen molar-refractivity contribution in [1.82, 2.24) is 10.2 Å². The molecule has 5 nitrogen and oxygen atoms in total. The highest BCUT2D eigenvalue weighted by atomic mass is 19.4. The number of amides is 2. The molecule has 1 rings (SSSR count). The number of piperazine rings is 1. The van der Waals surface area contributed by atoms with Crippen LogP contribution in [0.5, 0.6) is 0 Å². The molecule has 1 saturated heterocycles. The summed E-state index contributed by atoms with van der Waals surface area (Å²) in [6.45, 7) is 1.78. The van der Waals surface area contributed by atoms with Crippen LogP contribution >= 0.6 is 0 Å². The molecule has 20 heavy (non-hydrogen) atoms. The highest BCUT2D eigenvalue weighted by Gasteiger charge is 2.46. The van der Waals surface area contributed by atoms with E-state index in [9.17, 15) is 22.8 Å². The Morgan fingerprint density at radius 3 is 2.40 bits per heavy atom. The number of hydrogen-bond acceptors (Lipinski definition) is 3. The lowest BCUT2D eigenvalue weighted by atomic mass is 9.87. The minimum atomic E-state index is -4.39. The first-order valence-electron chi connectivity index (χ1n) is 6.50. The Morgan fingerprint density at radius 2 is 1.90 bits per heavy atom. The minimum Gasteiger partial charge on any atom is -0.370 e. The predicted molar refractivity (Wildman–Crippen MR) is 64.9 cm³/mol. The van der Waals surface area contributed by atoms with Crippen LogP contribution in [0.1, 0.15) is 26.7 Å². The zero-order valence-corrected chi connectivity index (χ0v) is 11.5. The van der Waals surface area contributed by atoms with Gasteiger partial charge in [0.15, 0.2) is 0 Å². The average molecular weight is 296 g/mol. The van der Waals surface area contributed by atoms with E-state index in [4.69, 9.17) is 0 Å². The molecule has 0 aromatic rings. The summed E-state index contributed by atoms with van der Waals surface area (Å²) in [5.41, 5.74) is -0.989. The molecule has 0 aromatic heterocycles. The molecule has 116 valence electrons. The van der Waals surface area contributed by atoms with Gasteiger partial charge < -0.3 is 15.0 Å². The van der Waals surface area contributed by atoms with E-state index < -0.39 is 18.3 Å². The first-order chi connectivity index (χ1) is 9.27. The van der Waals surface area contributed by atoms with Crippen LogP contribution in [0.25, 0.3) is 0 Å². The van der Waals surface area contributed by atoms with Crippen molar-refractivity contribution < 1.29 is 27.5 Å². The number of rotatable bonds is 6. The van der Waals surface area contributed by atoms with Crippen LogP contribution < -0.4 is 5.32 Å². The summed E-state index contributed by atoms with van der Waals surface area (Å²) < 4.78 is 40.4. The molecule has 0 bridgehead atoms. The number of hydrogen-bond donors (Lipinski definition) is 1. The molecule has 1 aliphatic rings. The van der Waals surface area contributed by atoms with Gasteiger partial charge in [0, 0.05) is 6.54 Å². The molecule has 0 aromatic carbocycles. The predicted octanol–water partition coefficient (Wildman–Crippen LogP) is 1.08. The fourth-order valence-corrected chi connectivity index (χ4v) is 2.41. The second-order valence-electron chi connectivity index (χ2n) is 4.63. The number of nitrogens with zero attached hydrogens (tertiary/aromatic N) is 1. The first kappa shape index (κ1) is 16.7. The molecule has 1 fully saturated rings. The molecule has 1 aliphatic heterocycles. The largest absolute Gasteiger partial charge is 0.411 e. The van der Waals surface area contributed by atoms with E-state index in [1.807, 2.05) is 0 Å². The molecule has 0 saturated carbocycles. The summed E-state index contributed by atoms with van der Waals surface area (Å²) in [5.74, 6) is -0.568. The quantitative estimate of drug-likeness (QED) is 0.746. The molecule has 0 atom stereocenters. The average Bonchev–Trinajstić information content (AvgIpc) is 2.37. The highest BCUT2D eigenvalue weighted by molar-refractivity contribution is 5.97. The van der Waals surface area contributed by atoms with Crippen LogP contribution in [-0.4, -0.2) is 54.7 Å². The van der Waals surface area contributed by atoms with Gasteiger partial charge in [-0.1, -0.05) is 13.8 Å². The fraction of sp³-hybridized carbons (Fsp3) is 0.833. The van der Waals surface area contributed by atoms with Crippen LogP contribution in [0.3, 0.4) is 0 Å². The Morgan fingerprint density at radius 1 is 1.30 bits per heavy atom. The van der Waals surface area contributed by atoms with Crippen molar-refractivity contribution in [3.8, 4) is 0 Å². The van der Waals surface area contributed by atoms with Gasteiger partial charge >= 0.3 is 6.18 Å². The zero-order chi connectivity index (χ0) is 15.4. The maximum Gasteiger partial charge on any atom is 0.411 e. The maximum atomic E-state index is 12.0. The number of ether oxygens (including phenoxy) is 1. The third-order valence-corrected chi connectivity index (χ3v) is 3.54. The van der Waals surface area contributed by atoms with Crippen LogP contribution in [0.15, 0.2) is 0 Å². The molecule has 1 heterocycles. The number of carbonyl (C=O) groups is 2. The SMILES string of the molecule is CCC1(CC)C(=O)NCC(=O)N1CCOCC(F)(F)F. The van der Waals surface area contributed by atoms with Gasteiger partial charge in [-0.3, -0.25) is 9.59 Å². The normalized spacial score (nSPS) is 19.1. The lowest BCUT2D eigenvalue weighted by Gasteiger charge is -2.45. The van der Waals surface area contributed by atoms with Crippen LogP contribution in [0.4, 0.5) is 13.2 Å². The second kappa shape index (κ2) is 6.43. The maximum absolute atomic E-state index is 12.0. The van der Waals surface area contributed by atoms with Gasteiger partial charge in [0.1, 0.15) is 12.1 Å². The summed E-state index contributed by atoms with van der Waals surface area (Å²) >= 11 is 0. The Kier molecular flexibility index (Phi) is 5.38. The van der Waals surface area contributed by atoms with Crippen LogP contribution in [-0.2, 0) is 14.3 Å². The number of nitrogens with one attached hydrogen (secondary N) is 1. The minimum absolute atomic E-state index is 0.0238.